The molecule has 0 radical (unpaired) electrons. The van der Waals surface area contributed by atoms with E-state index in [4.69, 9.17) is 11.6 Å². The van der Waals surface area contributed by atoms with E-state index >= 15 is 0 Å². The van der Waals surface area contributed by atoms with Crippen molar-refractivity contribution in [2.45, 2.75) is 56.4 Å². The molecular formula is C23H31ClN2O3S. The Morgan fingerprint density at radius 1 is 1.10 bits per heavy atom. The lowest BCUT2D eigenvalue weighted by molar-refractivity contribution is -0.131. The van der Waals surface area contributed by atoms with Crippen LogP contribution in [0, 0.1) is 0 Å². The van der Waals surface area contributed by atoms with Crippen LogP contribution in [-0.4, -0.2) is 50.7 Å². The fraction of sp³-hybridized carbons (Fsp3) is 0.522. The molecule has 1 fully saturated rings. The lowest BCUT2D eigenvalue weighted by Crippen LogP contribution is -2.45. The molecule has 1 aliphatic rings. The minimum Gasteiger partial charge on any atom is -0.343 e. The van der Waals surface area contributed by atoms with Gasteiger partial charge in [0.1, 0.15) is 0 Å². The summed E-state index contributed by atoms with van der Waals surface area (Å²) in [5.41, 5.74) is 0. The Labute approximate surface area is 184 Å². The van der Waals surface area contributed by atoms with Crippen molar-refractivity contribution < 1.29 is 13.2 Å². The van der Waals surface area contributed by atoms with Crippen LogP contribution in [0.1, 0.15) is 45.4 Å². The van der Waals surface area contributed by atoms with Gasteiger partial charge in [0.15, 0.2) is 9.84 Å². The third-order valence-electron chi connectivity index (χ3n) is 5.78. The van der Waals surface area contributed by atoms with Gasteiger partial charge < -0.3 is 10.2 Å². The molecule has 0 aromatic heterocycles. The first-order valence-corrected chi connectivity index (χ1v) is 12.9. The number of amides is 1. The van der Waals surface area contributed by atoms with Crippen molar-refractivity contribution >= 4 is 38.1 Å². The standard InChI is InChI=1S/C23H31ClN2O3S/c1-2-3-4-12-25-21-9-13-26(14-10-21)23(27)11-15-30(28,29)22-8-6-18-16-20(24)7-5-19(18)17-22/h5-8,16-17,21,25H,2-4,9-15H2,1H3. The van der Waals surface area contributed by atoms with E-state index in [1.165, 1.54) is 19.3 Å². The number of rotatable bonds is 9. The molecule has 0 unspecified atom stereocenters. The maximum Gasteiger partial charge on any atom is 0.223 e. The normalized spacial score (nSPS) is 15.6. The molecule has 1 aliphatic heterocycles. The molecular weight excluding hydrogens is 420 g/mol. The maximum absolute atomic E-state index is 12.7. The first-order valence-electron chi connectivity index (χ1n) is 10.8. The van der Waals surface area contributed by atoms with Gasteiger partial charge in [-0.25, -0.2) is 8.42 Å². The van der Waals surface area contributed by atoms with Gasteiger partial charge in [-0.05, 0) is 60.8 Å². The maximum atomic E-state index is 12.7. The number of halogens is 1. The molecule has 2 aromatic rings. The van der Waals surface area contributed by atoms with Crippen molar-refractivity contribution in [1.29, 1.82) is 0 Å². The van der Waals surface area contributed by atoms with Crippen LogP contribution in [0.3, 0.4) is 0 Å². The van der Waals surface area contributed by atoms with Gasteiger partial charge in [-0.1, -0.05) is 43.5 Å². The van der Waals surface area contributed by atoms with E-state index in [1.54, 1.807) is 30.3 Å². The van der Waals surface area contributed by atoms with Crippen LogP contribution < -0.4 is 5.32 Å². The minimum absolute atomic E-state index is 0.0234. The van der Waals surface area contributed by atoms with Crippen LogP contribution in [0.25, 0.3) is 10.8 Å². The Kier molecular flexibility index (Phi) is 8.14. The summed E-state index contributed by atoms with van der Waals surface area (Å²) in [6.07, 6.45) is 5.52. The molecule has 0 aliphatic carbocycles. The second kappa shape index (κ2) is 10.6. The molecule has 5 nitrogen and oxygen atoms in total. The summed E-state index contributed by atoms with van der Waals surface area (Å²) in [7, 11) is -3.52. The summed E-state index contributed by atoms with van der Waals surface area (Å²) < 4.78 is 25.5. The number of sulfone groups is 1. The average Bonchev–Trinajstić information content (AvgIpc) is 2.75. The number of hydrogen-bond acceptors (Lipinski definition) is 4. The van der Waals surface area contributed by atoms with Gasteiger partial charge in [0, 0.05) is 30.6 Å². The Morgan fingerprint density at radius 3 is 2.53 bits per heavy atom. The number of carbonyl (C=O) groups is 1. The van der Waals surface area contributed by atoms with Gasteiger partial charge in [0.25, 0.3) is 0 Å². The summed E-state index contributed by atoms with van der Waals surface area (Å²) in [6, 6.07) is 10.8. The highest BCUT2D eigenvalue weighted by Gasteiger charge is 2.24. The number of piperidine rings is 1. The lowest BCUT2D eigenvalue weighted by Gasteiger charge is -2.32. The van der Waals surface area contributed by atoms with E-state index in [0.717, 1.165) is 30.2 Å². The third-order valence-corrected chi connectivity index (χ3v) is 7.73. The molecule has 0 spiro atoms. The molecule has 1 N–H and O–H groups in total. The highest BCUT2D eigenvalue weighted by atomic mass is 35.5. The number of nitrogens with one attached hydrogen (secondary N) is 1. The summed E-state index contributed by atoms with van der Waals surface area (Å²) in [4.78, 5) is 14.6. The van der Waals surface area contributed by atoms with Crippen molar-refractivity contribution in [2.24, 2.45) is 0 Å². The van der Waals surface area contributed by atoms with Crippen LogP contribution in [0.15, 0.2) is 41.3 Å². The average molecular weight is 451 g/mol. The predicted octanol–water partition coefficient (Wildman–Crippen LogP) is 4.43. The van der Waals surface area contributed by atoms with Crippen molar-refractivity contribution in [3.63, 3.8) is 0 Å². The molecule has 164 valence electrons. The number of benzene rings is 2. The third kappa shape index (κ3) is 6.19. The first kappa shape index (κ1) is 23.0. The highest BCUT2D eigenvalue weighted by molar-refractivity contribution is 7.91. The zero-order chi connectivity index (χ0) is 21.6. The molecule has 7 heteroatoms. The van der Waals surface area contributed by atoms with Crippen LogP contribution in [-0.2, 0) is 14.6 Å². The Balaban J connectivity index is 1.50. The number of nitrogens with zero attached hydrogens (tertiary/aromatic N) is 1. The minimum atomic E-state index is -3.52. The lowest BCUT2D eigenvalue weighted by atomic mass is 10.0. The number of fused-ring (bicyclic) bond motifs is 1. The second-order valence-electron chi connectivity index (χ2n) is 8.04. The zero-order valence-electron chi connectivity index (χ0n) is 17.6. The topological polar surface area (TPSA) is 66.5 Å². The van der Waals surface area contributed by atoms with Gasteiger partial charge in [0.2, 0.25) is 5.91 Å². The van der Waals surface area contributed by atoms with Gasteiger partial charge in [-0.3, -0.25) is 4.79 Å². The van der Waals surface area contributed by atoms with Crippen molar-refractivity contribution in [3.8, 4) is 0 Å². The van der Waals surface area contributed by atoms with Crippen LogP contribution in [0.5, 0.6) is 0 Å². The van der Waals surface area contributed by atoms with Crippen LogP contribution in [0.4, 0.5) is 0 Å². The van der Waals surface area contributed by atoms with Crippen molar-refractivity contribution in [2.75, 3.05) is 25.4 Å². The highest BCUT2D eigenvalue weighted by Crippen LogP contribution is 2.23. The Bertz CT molecular complexity index is 970. The van der Waals surface area contributed by atoms with Gasteiger partial charge in [-0.15, -0.1) is 0 Å². The smallest absolute Gasteiger partial charge is 0.223 e. The van der Waals surface area contributed by atoms with E-state index in [0.29, 0.717) is 24.2 Å². The molecule has 1 amide bonds. The number of carbonyl (C=O) groups excluding carboxylic acids is 1. The SMILES string of the molecule is CCCCCNC1CCN(C(=O)CCS(=O)(=O)c2ccc3cc(Cl)ccc3c2)CC1. The van der Waals surface area contributed by atoms with Gasteiger partial charge in [-0.2, -0.15) is 0 Å². The van der Waals surface area contributed by atoms with Gasteiger partial charge in [0.05, 0.1) is 10.6 Å². The molecule has 0 atom stereocenters. The first-order chi connectivity index (χ1) is 14.4. The molecule has 1 heterocycles. The van der Waals surface area contributed by atoms with E-state index < -0.39 is 9.84 Å². The molecule has 0 bridgehead atoms. The van der Waals surface area contributed by atoms with Crippen molar-refractivity contribution in [1.82, 2.24) is 10.2 Å². The second-order valence-corrected chi connectivity index (χ2v) is 10.6. The molecule has 1 saturated heterocycles. The largest absolute Gasteiger partial charge is 0.343 e. The molecule has 30 heavy (non-hydrogen) atoms. The predicted molar refractivity (Wildman–Crippen MR) is 123 cm³/mol. The summed E-state index contributed by atoms with van der Waals surface area (Å²) in [6.45, 7) is 4.62. The molecule has 0 saturated carbocycles. The number of unbranched alkanes of at least 4 members (excludes halogenated alkanes) is 2. The fourth-order valence-electron chi connectivity index (χ4n) is 3.90. The van der Waals surface area contributed by atoms with E-state index in [2.05, 4.69) is 12.2 Å². The van der Waals surface area contributed by atoms with Crippen molar-refractivity contribution in [3.05, 3.63) is 41.4 Å². The molecule has 2 aromatic carbocycles. The summed E-state index contributed by atoms with van der Waals surface area (Å²) in [5.74, 6) is -0.240. The van der Waals surface area contributed by atoms with E-state index in [1.807, 2.05) is 11.0 Å². The summed E-state index contributed by atoms with van der Waals surface area (Å²) in [5, 5.41) is 5.90. The Morgan fingerprint density at radius 2 is 1.80 bits per heavy atom. The number of likely N-dealkylation sites (tertiary alicyclic amines) is 1. The van der Waals surface area contributed by atoms with Gasteiger partial charge >= 0.3 is 0 Å². The zero-order valence-corrected chi connectivity index (χ0v) is 19.1. The monoisotopic (exact) mass is 450 g/mol. The number of hydrogen-bond donors (Lipinski definition) is 1. The molecule has 3 rings (SSSR count). The van der Waals surface area contributed by atoms with Crippen LogP contribution >= 0.6 is 11.6 Å². The van der Waals surface area contributed by atoms with E-state index in [9.17, 15) is 13.2 Å². The van der Waals surface area contributed by atoms with E-state index in [-0.39, 0.29) is 23.0 Å². The quantitative estimate of drug-likeness (QED) is 0.574. The fourth-order valence-corrected chi connectivity index (χ4v) is 5.34. The summed E-state index contributed by atoms with van der Waals surface area (Å²) >= 11 is 5.99. The Hall–Kier alpha value is -1.63. The van der Waals surface area contributed by atoms with Crippen LogP contribution in [0.2, 0.25) is 5.02 Å².